The minimum Gasteiger partial charge on any atom is -0.347 e. The molecular formula is C19H20N2O. The van der Waals surface area contributed by atoms with Crippen molar-refractivity contribution >= 4 is 22.5 Å². The summed E-state index contributed by atoms with van der Waals surface area (Å²) in [5.41, 5.74) is 4.30. The summed E-state index contributed by atoms with van der Waals surface area (Å²) in [6, 6.07) is 16.3. The lowest BCUT2D eigenvalue weighted by Gasteiger charge is -2.12. The number of nitrogens with zero attached hydrogens (tertiary/aromatic N) is 1. The van der Waals surface area contributed by atoms with Gasteiger partial charge in [-0.25, -0.2) is 0 Å². The van der Waals surface area contributed by atoms with Crippen LogP contribution in [0.3, 0.4) is 0 Å². The smallest absolute Gasteiger partial charge is 0.226 e. The fourth-order valence-corrected chi connectivity index (χ4v) is 2.77. The van der Waals surface area contributed by atoms with Crippen molar-refractivity contribution in [1.29, 1.82) is 0 Å². The van der Waals surface area contributed by atoms with Gasteiger partial charge >= 0.3 is 0 Å². The number of hydrogen-bond acceptors (Lipinski definition) is 1. The van der Waals surface area contributed by atoms with Crippen LogP contribution >= 0.6 is 0 Å². The molecule has 3 nitrogen and oxygen atoms in total. The summed E-state index contributed by atoms with van der Waals surface area (Å²) < 4.78 is 2.12. The molecule has 0 atom stereocenters. The number of amides is 1. The topological polar surface area (TPSA) is 34.0 Å². The molecule has 3 heteroatoms. The number of aryl methyl sites for hydroxylation is 3. The number of rotatable bonds is 4. The Hall–Kier alpha value is -2.55. The fraction of sp³-hybridized carbons (Fsp3) is 0.211. The maximum absolute atomic E-state index is 12.2. The third-order valence-electron chi connectivity index (χ3n) is 4.01. The minimum atomic E-state index is 0.0511. The van der Waals surface area contributed by atoms with Crippen molar-refractivity contribution in [2.24, 2.45) is 0 Å². The predicted octanol–water partition coefficient (Wildman–Crippen LogP) is 4.29. The lowest BCUT2D eigenvalue weighted by atomic mass is 10.1. The zero-order valence-electron chi connectivity index (χ0n) is 13.0. The number of benzene rings is 2. The van der Waals surface area contributed by atoms with Crippen LogP contribution < -0.4 is 5.32 Å². The van der Waals surface area contributed by atoms with Gasteiger partial charge in [0.05, 0.1) is 0 Å². The van der Waals surface area contributed by atoms with Crippen LogP contribution in [0.4, 0.5) is 5.69 Å². The molecule has 3 aromatic rings. The van der Waals surface area contributed by atoms with E-state index in [2.05, 4.69) is 28.1 Å². The molecular weight excluding hydrogens is 272 g/mol. The van der Waals surface area contributed by atoms with Crippen LogP contribution in [0.1, 0.15) is 17.5 Å². The zero-order chi connectivity index (χ0) is 15.5. The van der Waals surface area contributed by atoms with E-state index in [9.17, 15) is 4.79 Å². The molecule has 1 N–H and O–H groups in total. The maximum atomic E-state index is 12.2. The highest BCUT2D eigenvalue weighted by Crippen LogP contribution is 2.20. The van der Waals surface area contributed by atoms with E-state index in [1.807, 2.05) is 50.4 Å². The molecule has 0 unspecified atom stereocenters. The molecule has 0 aliphatic carbocycles. The molecule has 0 spiro atoms. The van der Waals surface area contributed by atoms with Gasteiger partial charge in [0.2, 0.25) is 5.91 Å². The Morgan fingerprint density at radius 2 is 1.73 bits per heavy atom. The van der Waals surface area contributed by atoms with E-state index >= 15 is 0 Å². The van der Waals surface area contributed by atoms with Gasteiger partial charge in [-0.2, -0.15) is 0 Å². The lowest BCUT2D eigenvalue weighted by Crippen LogP contribution is -2.15. The number of anilines is 1. The predicted molar refractivity (Wildman–Crippen MR) is 91.1 cm³/mol. The molecule has 112 valence electrons. The Morgan fingerprint density at radius 3 is 2.50 bits per heavy atom. The monoisotopic (exact) mass is 292 g/mol. The summed E-state index contributed by atoms with van der Waals surface area (Å²) in [7, 11) is 0. The van der Waals surface area contributed by atoms with Gasteiger partial charge in [-0.1, -0.05) is 36.4 Å². The molecule has 0 aliphatic heterocycles. The van der Waals surface area contributed by atoms with Crippen LogP contribution in [0.25, 0.3) is 10.9 Å². The summed E-state index contributed by atoms with van der Waals surface area (Å²) in [6.45, 7) is 4.72. The molecule has 0 aliphatic rings. The Kier molecular flexibility index (Phi) is 3.96. The lowest BCUT2D eigenvalue weighted by molar-refractivity contribution is -0.116. The molecule has 2 aromatic carbocycles. The van der Waals surface area contributed by atoms with Gasteiger partial charge in [0.15, 0.2) is 0 Å². The summed E-state index contributed by atoms with van der Waals surface area (Å²) in [6.07, 6.45) is 2.50. The highest BCUT2D eigenvalue weighted by atomic mass is 16.1. The van der Waals surface area contributed by atoms with Gasteiger partial charge in [-0.3, -0.25) is 4.79 Å². The summed E-state index contributed by atoms with van der Waals surface area (Å²) >= 11 is 0. The van der Waals surface area contributed by atoms with E-state index in [0.717, 1.165) is 16.8 Å². The summed E-state index contributed by atoms with van der Waals surface area (Å²) in [5, 5.41) is 4.24. The molecule has 0 fully saturated rings. The van der Waals surface area contributed by atoms with E-state index in [1.165, 1.54) is 10.9 Å². The molecule has 0 saturated carbocycles. The zero-order valence-corrected chi connectivity index (χ0v) is 13.0. The van der Waals surface area contributed by atoms with Crippen LogP contribution in [0.5, 0.6) is 0 Å². The molecule has 0 saturated heterocycles. The van der Waals surface area contributed by atoms with Crippen molar-refractivity contribution in [3.8, 4) is 0 Å². The summed E-state index contributed by atoms with van der Waals surface area (Å²) in [5.74, 6) is 0.0511. The number of hydrogen-bond donors (Lipinski definition) is 1. The van der Waals surface area contributed by atoms with E-state index in [0.29, 0.717) is 13.0 Å². The Morgan fingerprint density at radius 1 is 1.00 bits per heavy atom. The van der Waals surface area contributed by atoms with Crippen molar-refractivity contribution < 1.29 is 4.79 Å². The third kappa shape index (κ3) is 2.89. The third-order valence-corrected chi connectivity index (χ3v) is 4.01. The first-order valence-electron chi connectivity index (χ1n) is 7.55. The molecule has 0 bridgehead atoms. The number of carbonyl (C=O) groups excluding carboxylic acids is 1. The van der Waals surface area contributed by atoms with Crippen molar-refractivity contribution in [2.45, 2.75) is 26.8 Å². The molecule has 1 amide bonds. The van der Waals surface area contributed by atoms with E-state index < -0.39 is 0 Å². The van der Waals surface area contributed by atoms with Crippen LogP contribution in [0, 0.1) is 13.8 Å². The highest BCUT2D eigenvalue weighted by Gasteiger charge is 2.08. The van der Waals surface area contributed by atoms with Gasteiger partial charge in [0.25, 0.3) is 0 Å². The first kappa shape index (κ1) is 14.4. The van der Waals surface area contributed by atoms with E-state index in [1.54, 1.807) is 0 Å². The van der Waals surface area contributed by atoms with Gasteiger partial charge in [-0.05, 0) is 42.5 Å². The number of nitrogens with one attached hydrogen (secondary N) is 1. The van der Waals surface area contributed by atoms with Crippen molar-refractivity contribution in [3.05, 3.63) is 65.9 Å². The van der Waals surface area contributed by atoms with Crippen LogP contribution in [0.2, 0.25) is 0 Å². The van der Waals surface area contributed by atoms with Crippen molar-refractivity contribution in [2.75, 3.05) is 5.32 Å². The number of fused-ring (bicyclic) bond motifs is 1. The number of aromatic nitrogens is 1. The standard InChI is InChI=1S/C19H20N2O/c1-14-6-5-7-15(2)19(14)20-18(22)11-13-21-12-10-16-8-3-4-9-17(16)21/h3-10,12H,11,13H2,1-2H3,(H,20,22). The van der Waals surface area contributed by atoms with Crippen LogP contribution in [-0.2, 0) is 11.3 Å². The Bertz CT molecular complexity index is 797. The Labute approximate surface area is 130 Å². The van der Waals surface area contributed by atoms with Crippen LogP contribution in [-0.4, -0.2) is 10.5 Å². The molecule has 3 rings (SSSR count). The first-order chi connectivity index (χ1) is 10.6. The van der Waals surface area contributed by atoms with Crippen molar-refractivity contribution in [3.63, 3.8) is 0 Å². The second-order valence-corrected chi connectivity index (χ2v) is 5.63. The minimum absolute atomic E-state index is 0.0511. The normalized spacial score (nSPS) is 10.8. The molecule has 22 heavy (non-hydrogen) atoms. The fourth-order valence-electron chi connectivity index (χ4n) is 2.77. The quantitative estimate of drug-likeness (QED) is 0.765. The molecule has 1 heterocycles. The van der Waals surface area contributed by atoms with E-state index in [4.69, 9.17) is 0 Å². The average molecular weight is 292 g/mol. The van der Waals surface area contributed by atoms with Gasteiger partial charge < -0.3 is 9.88 Å². The Balaban J connectivity index is 1.68. The average Bonchev–Trinajstić information content (AvgIpc) is 2.92. The summed E-state index contributed by atoms with van der Waals surface area (Å²) in [4.78, 5) is 12.2. The molecule has 0 radical (unpaired) electrons. The maximum Gasteiger partial charge on any atom is 0.226 e. The van der Waals surface area contributed by atoms with Gasteiger partial charge in [0.1, 0.15) is 0 Å². The van der Waals surface area contributed by atoms with Gasteiger partial charge in [0, 0.05) is 30.4 Å². The SMILES string of the molecule is Cc1cccc(C)c1NC(=O)CCn1ccc2ccccc21. The van der Waals surface area contributed by atoms with Gasteiger partial charge in [-0.15, -0.1) is 0 Å². The highest BCUT2D eigenvalue weighted by molar-refractivity contribution is 5.92. The number of para-hydroxylation sites is 2. The van der Waals surface area contributed by atoms with E-state index in [-0.39, 0.29) is 5.91 Å². The first-order valence-corrected chi connectivity index (χ1v) is 7.55. The second kappa shape index (κ2) is 6.06. The van der Waals surface area contributed by atoms with Crippen LogP contribution in [0.15, 0.2) is 54.7 Å². The molecule has 1 aromatic heterocycles. The number of carbonyl (C=O) groups is 1. The second-order valence-electron chi connectivity index (χ2n) is 5.63. The van der Waals surface area contributed by atoms with Crippen molar-refractivity contribution in [1.82, 2.24) is 4.57 Å². The largest absolute Gasteiger partial charge is 0.347 e.